The molecule has 0 bridgehead atoms. The fourth-order valence-corrected chi connectivity index (χ4v) is 1.84. The minimum atomic E-state index is -1.43. The zero-order valence-electron chi connectivity index (χ0n) is 12.2. The van der Waals surface area contributed by atoms with Crippen LogP contribution in [0.3, 0.4) is 0 Å². The van der Waals surface area contributed by atoms with Crippen molar-refractivity contribution >= 4 is 23.9 Å². The first-order chi connectivity index (χ1) is 10.2. The van der Waals surface area contributed by atoms with Gasteiger partial charge in [0.25, 0.3) is 0 Å². The van der Waals surface area contributed by atoms with E-state index in [1.54, 1.807) is 0 Å². The van der Waals surface area contributed by atoms with Crippen LogP contribution in [0.1, 0.15) is 12.8 Å². The summed E-state index contributed by atoms with van der Waals surface area (Å²) in [6.45, 7) is -1.86. The molecule has 0 aliphatic heterocycles. The molecule has 1 N–H and O–H groups in total. The summed E-state index contributed by atoms with van der Waals surface area (Å²) in [7, 11) is 0. The maximum Gasteiger partial charge on any atom is 3.00 e. The Bertz CT molecular complexity index is 348. The van der Waals surface area contributed by atoms with Gasteiger partial charge in [0, 0.05) is 19.6 Å². The van der Waals surface area contributed by atoms with Gasteiger partial charge in [0.15, 0.2) is 0 Å². The molecule has 0 saturated carbocycles. The van der Waals surface area contributed by atoms with Crippen molar-refractivity contribution < 1.29 is 56.7 Å². The molecule has 10 nitrogen and oxygen atoms in total. The molecular weight excluding hydrogens is 356 g/mol. The molecule has 0 aromatic rings. The number of unbranched alkanes of at least 4 members (excludes halogenated alkanes) is 1. The number of rotatable bonds is 13. The molecule has 0 aliphatic rings. The molecule has 0 aromatic heterocycles. The predicted molar refractivity (Wildman–Crippen MR) is 64.8 cm³/mol. The van der Waals surface area contributed by atoms with E-state index < -0.39 is 50.1 Å². The summed E-state index contributed by atoms with van der Waals surface area (Å²) in [4.78, 5) is 44.2. The Morgan fingerprint density at radius 2 is 1.00 bits per heavy atom. The number of hydrogen-bond acceptors (Lipinski definition) is 9. The van der Waals surface area contributed by atoms with Gasteiger partial charge in [0.05, 0.1) is 24.5 Å². The molecule has 0 spiro atoms. The second-order valence-corrected chi connectivity index (χ2v) is 4.64. The van der Waals surface area contributed by atoms with Crippen LogP contribution in [0, 0.1) is 0 Å². The Balaban J connectivity index is 0. The van der Waals surface area contributed by atoms with E-state index in [9.17, 15) is 34.5 Å². The van der Waals surface area contributed by atoms with E-state index in [4.69, 9.17) is 5.11 Å². The van der Waals surface area contributed by atoms with E-state index in [1.807, 2.05) is 0 Å². The van der Waals surface area contributed by atoms with E-state index in [0.717, 1.165) is 9.80 Å². The fourth-order valence-electron chi connectivity index (χ4n) is 1.84. The Labute approximate surface area is 143 Å². The van der Waals surface area contributed by atoms with Crippen molar-refractivity contribution in [2.24, 2.45) is 0 Å². The van der Waals surface area contributed by atoms with Crippen LogP contribution < -0.4 is 15.3 Å². The largest absolute Gasteiger partial charge is 3.00 e. The van der Waals surface area contributed by atoms with Crippen molar-refractivity contribution in [2.75, 3.05) is 39.3 Å². The van der Waals surface area contributed by atoms with Crippen LogP contribution in [0.5, 0.6) is 0 Å². The van der Waals surface area contributed by atoms with Crippen LogP contribution in [0.15, 0.2) is 0 Å². The molecule has 0 fully saturated rings. The topological polar surface area (TPSA) is 164 Å². The molecule has 0 heterocycles. The van der Waals surface area contributed by atoms with Gasteiger partial charge in [-0.3, -0.25) is 14.6 Å². The maximum absolute atomic E-state index is 10.6. The second kappa shape index (κ2) is 12.8. The molecule has 0 saturated heterocycles. The maximum atomic E-state index is 10.6. The number of carboxylic acid groups (broad SMARTS) is 4. The SMILES string of the molecule is O=C([O-])CN(CCCCN(CC(=O)[O-])CC(=O)O)CC(=O)[O-].[Fe+3]. The van der Waals surface area contributed by atoms with Crippen molar-refractivity contribution in [3.63, 3.8) is 0 Å². The van der Waals surface area contributed by atoms with Gasteiger partial charge in [-0.25, -0.2) is 0 Å². The summed E-state index contributed by atoms with van der Waals surface area (Å²) in [6.07, 6.45) is 0.709. The first-order valence-electron chi connectivity index (χ1n) is 6.46. The van der Waals surface area contributed by atoms with E-state index in [0.29, 0.717) is 12.8 Å². The normalized spacial score (nSPS) is 10.3. The summed E-state index contributed by atoms with van der Waals surface area (Å²) in [6, 6.07) is 0. The fraction of sp³-hybridized carbons (Fsp3) is 0.667. The van der Waals surface area contributed by atoms with Crippen LogP contribution in [0.2, 0.25) is 0 Å². The molecule has 11 heteroatoms. The predicted octanol–water partition coefficient (Wildman–Crippen LogP) is -5.30. The van der Waals surface area contributed by atoms with Gasteiger partial charge in [0.1, 0.15) is 0 Å². The molecule has 0 aliphatic carbocycles. The van der Waals surface area contributed by atoms with Gasteiger partial charge in [-0.15, -0.1) is 0 Å². The molecule has 0 amide bonds. The van der Waals surface area contributed by atoms with Gasteiger partial charge in [0.2, 0.25) is 0 Å². The van der Waals surface area contributed by atoms with Gasteiger partial charge in [-0.1, -0.05) is 0 Å². The Morgan fingerprint density at radius 3 is 1.26 bits per heavy atom. The van der Waals surface area contributed by atoms with Gasteiger partial charge >= 0.3 is 23.0 Å². The molecule has 131 valence electrons. The number of aliphatic carboxylic acids is 4. The second-order valence-electron chi connectivity index (χ2n) is 4.64. The zero-order chi connectivity index (χ0) is 17.1. The average molecular weight is 373 g/mol. The quantitative estimate of drug-likeness (QED) is 0.243. The number of carboxylic acids is 4. The van der Waals surface area contributed by atoms with Crippen molar-refractivity contribution in [1.29, 1.82) is 0 Å². The van der Waals surface area contributed by atoms with E-state index in [2.05, 4.69) is 0 Å². The Hall–Kier alpha value is -1.68. The number of hydrogen-bond donors (Lipinski definition) is 1. The third-order valence-corrected chi connectivity index (χ3v) is 2.62. The average Bonchev–Trinajstić information content (AvgIpc) is 2.31. The Kier molecular flexibility index (Phi) is 13.1. The minimum absolute atomic E-state index is 0. The smallest absolute Gasteiger partial charge is 0.549 e. The Morgan fingerprint density at radius 1 is 0.696 bits per heavy atom. The minimum Gasteiger partial charge on any atom is -0.549 e. The van der Waals surface area contributed by atoms with Gasteiger partial charge in [-0.2, -0.15) is 0 Å². The van der Waals surface area contributed by atoms with E-state index >= 15 is 0 Å². The molecular formula is C12H17FeN2O8. The van der Waals surface area contributed by atoms with Crippen LogP contribution in [-0.4, -0.2) is 78.1 Å². The standard InChI is InChI=1S/C12H20N2O8.Fe/c15-9(16)5-13(6-10(17)18)3-1-2-4-14(7-11(19)20)8-12(21)22;/h1-8H2,(H,15,16)(H,17,18)(H,19,20)(H,21,22);/q;+3/p-3. The zero-order valence-corrected chi connectivity index (χ0v) is 13.3. The summed E-state index contributed by atoms with van der Waals surface area (Å²) in [5, 5.41) is 40.0. The van der Waals surface area contributed by atoms with Crippen LogP contribution >= 0.6 is 0 Å². The third kappa shape index (κ3) is 15.0. The summed E-state index contributed by atoms with van der Waals surface area (Å²) >= 11 is 0. The van der Waals surface area contributed by atoms with E-state index in [-0.39, 0.29) is 30.2 Å². The molecule has 0 aromatic carbocycles. The summed E-state index contributed by atoms with van der Waals surface area (Å²) < 4.78 is 0. The third-order valence-electron chi connectivity index (χ3n) is 2.62. The molecule has 0 rings (SSSR count). The molecule has 23 heavy (non-hydrogen) atoms. The molecule has 0 atom stereocenters. The van der Waals surface area contributed by atoms with E-state index in [1.165, 1.54) is 0 Å². The van der Waals surface area contributed by atoms with Crippen molar-refractivity contribution in [3.8, 4) is 0 Å². The van der Waals surface area contributed by atoms with Crippen LogP contribution in [0.4, 0.5) is 0 Å². The van der Waals surface area contributed by atoms with Crippen molar-refractivity contribution in [1.82, 2.24) is 9.80 Å². The first kappa shape index (κ1) is 23.6. The van der Waals surface area contributed by atoms with Crippen molar-refractivity contribution in [3.05, 3.63) is 0 Å². The van der Waals surface area contributed by atoms with Crippen molar-refractivity contribution in [2.45, 2.75) is 12.8 Å². The monoisotopic (exact) mass is 373 g/mol. The number of carbonyl (C=O) groups is 4. The number of nitrogens with zero attached hydrogens (tertiary/aromatic N) is 2. The van der Waals surface area contributed by atoms with Crippen LogP contribution in [-0.2, 0) is 36.2 Å². The van der Waals surface area contributed by atoms with Gasteiger partial charge < -0.3 is 34.8 Å². The molecule has 0 unspecified atom stereocenters. The molecule has 1 radical (unpaired) electrons. The first-order valence-corrected chi connectivity index (χ1v) is 6.46. The summed E-state index contributed by atoms with van der Waals surface area (Å²) in [5.41, 5.74) is 0. The van der Waals surface area contributed by atoms with Crippen LogP contribution in [0.25, 0.3) is 0 Å². The summed E-state index contributed by atoms with van der Waals surface area (Å²) in [5.74, 6) is -5.44. The van der Waals surface area contributed by atoms with Gasteiger partial charge in [-0.05, 0) is 25.9 Å². The number of carbonyl (C=O) groups excluding carboxylic acids is 3.